The molecule has 2 saturated heterocycles. The molecule has 0 saturated carbocycles. The van der Waals surface area contributed by atoms with Crippen molar-refractivity contribution >= 4 is 106 Å². The number of hydrogen-bond donors (Lipinski definition) is 2. The SMILES string of the molecule is CCOC(=O)C1CCN(c2cccc(-c3cc(Sc4cc(-c5cccc(N6CCC(C(=O)OCC)CC6)c5)c(C=CC(=O)O)c(Cl)c4Cl)c(Cl)c(Cl)c3C=CC(=O)O)c2)CC1. The highest BCUT2D eigenvalue weighted by atomic mass is 35.5. The number of carboxylic acids is 2. The summed E-state index contributed by atoms with van der Waals surface area (Å²) < 4.78 is 10.5. The summed E-state index contributed by atoms with van der Waals surface area (Å²) in [5.74, 6) is -2.99. The van der Waals surface area contributed by atoms with Crippen molar-refractivity contribution in [3.8, 4) is 22.3 Å². The van der Waals surface area contributed by atoms with Crippen LogP contribution >= 0.6 is 58.2 Å². The van der Waals surface area contributed by atoms with Gasteiger partial charge in [0.2, 0.25) is 0 Å². The van der Waals surface area contributed by atoms with E-state index in [0.717, 1.165) is 34.7 Å². The first-order valence-corrected chi connectivity index (χ1v) is 22.2. The fourth-order valence-corrected chi connectivity index (χ4v) is 9.78. The molecule has 0 aliphatic carbocycles. The van der Waals surface area contributed by atoms with E-state index >= 15 is 0 Å². The minimum Gasteiger partial charge on any atom is -0.478 e. The Morgan fingerprint density at radius 1 is 0.623 bits per heavy atom. The maximum Gasteiger partial charge on any atom is 0.328 e. The maximum atomic E-state index is 12.4. The molecule has 2 fully saturated rings. The van der Waals surface area contributed by atoms with Gasteiger partial charge in [-0.2, -0.15) is 0 Å². The summed E-state index contributed by atoms with van der Waals surface area (Å²) >= 11 is 29.2. The van der Waals surface area contributed by atoms with Gasteiger partial charge in [0.15, 0.2) is 0 Å². The Bertz CT molecular complexity index is 2210. The summed E-state index contributed by atoms with van der Waals surface area (Å²) in [6, 6.07) is 19.2. The molecule has 320 valence electrons. The number of ether oxygens (including phenoxy) is 2. The standard InChI is InChI=1S/C46H44Cl4N2O8S/c1-3-59-45(57)27-15-19-51(20-16-27)31-9-5-7-29(23-31)35-25-37(43(49)41(47)33(35)11-13-39(53)54)61-38-26-36(34(12-14-40(55)56)42(48)44(38)50)30-8-6-10-32(24-30)52-21-17-28(18-22-52)46(58)60-4-2/h5-14,23-28H,3-4,15-22H2,1-2H3,(H,53,54)(H,55,56). The number of carbonyl (C=O) groups excluding carboxylic acids is 2. The lowest BCUT2D eigenvalue weighted by molar-refractivity contribution is -0.149. The first kappa shape index (κ1) is 45.9. The second kappa shape index (κ2) is 20.9. The molecule has 0 unspecified atom stereocenters. The molecule has 15 heteroatoms. The van der Waals surface area contributed by atoms with Crippen LogP contribution in [0.5, 0.6) is 0 Å². The minimum atomic E-state index is -1.16. The van der Waals surface area contributed by atoms with Gasteiger partial charge in [-0.1, -0.05) is 82.4 Å². The van der Waals surface area contributed by atoms with Gasteiger partial charge < -0.3 is 29.5 Å². The molecule has 2 N–H and O–H groups in total. The number of carboxylic acid groups (broad SMARTS) is 2. The van der Waals surface area contributed by atoms with E-state index in [4.69, 9.17) is 55.9 Å². The summed E-state index contributed by atoms with van der Waals surface area (Å²) in [5.41, 5.74) is 5.36. The minimum absolute atomic E-state index is 0.128. The molecule has 2 heterocycles. The molecule has 0 radical (unpaired) electrons. The van der Waals surface area contributed by atoms with E-state index < -0.39 is 11.9 Å². The summed E-state index contributed by atoms with van der Waals surface area (Å²) in [4.78, 5) is 53.6. The third-order valence-electron chi connectivity index (χ3n) is 10.7. The number of benzene rings is 4. The maximum absolute atomic E-state index is 12.4. The molecule has 0 bridgehead atoms. The molecule has 0 spiro atoms. The summed E-state index contributed by atoms with van der Waals surface area (Å²) in [5, 5.41) is 19.7. The van der Waals surface area contributed by atoms with E-state index in [-0.39, 0.29) is 43.9 Å². The van der Waals surface area contributed by atoms with Crippen LogP contribution in [0.25, 0.3) is 34.4 Å². The zero-order valence-corrected chi connectivity index (χ0v) is 37.3. The van der Waals surface area contributed by atoms with Gasteiger partial charge in [-0.15, -0.1) is 0 Å². The number of anilines is 2. The third-order valence-corrected chi connectivity index (χ3v) is 13.8. The van der Waals surface area contributed by atoms with Crippen molar-refractivity contribution in [2.45, 2.75) is 49.3 Å². The van der Waals surface area contributed by atoms with Crippen molar-refractivity contribution in [3.63, 3.8) is 0 Å². The Kier molecular flexibility index (Phi) is 15.7. The van der Waals surface area contributed by atoms with Crippen molar-refractivity contribution in [2.24, 2.45) is 11.8 Å². The van der Waals surface area contributed by atoms with E-state index in [0.29, 0.717) is 97.1 Å². The molecule has 4 aromatic rings. The molecule has 0 atom stereocenters. The Balaban J connectivity index is 1.38. The first-order valence-electron chi connectivity index (χ1n) is 19.9. The average molecular weight is 927 g/mol. The van der Waals surface area contributed by atoms with Crippen LogP contribution in [0.2, 0.25) is 20.1 Å². The molecule has 2 aliphatic heterocycles. The van der Waals surface area contributed by atoms with Crippen LogP contribution < -0.4 is 9.80 Å². The topological polar surface area (TPSA) is 134 Å². The molecule has 2 aliphatic rings. The average Bonchev–Trinajstić information content (AvgIpc) is 3.26. The second-order valence-electron chi connectivity index (χ2n) is 14.5. The molecule has 10 nitrogen and oxygen atoms in total. The van der Waals surface area contributed by atoms with Crippen molar-refractivity contribution in [1.82, 2.24) is 0 Å². The fourth-order valence-electron chi connectivity index (χ4n) is 7.62. The van der Waals surface area contributed by atoms with Crippen molar-refractivity contribution in [2.75, 3.05) is 49.2 Å². The quantitative estimate of drug-likeness (QED) is 0.0925. The van der Waals surface area contributed by atoms with E-state index in [9.17, 15) is 29.4 Å². The Labute approximate surface area is 379 Å². The van der Waals surface area contributed by atoms with Gasteiger partial charge >= 0.3 is 23.9 Å². The van der Waals surface area contributed by atoms with Crippen LogP contribution in [-0.2, 0) is 28.7 Å². The predicted molar refractivity (Wildman–Crippen MR) is 244 cm³/mol. The van der Waals surface area contributed by atoms with Gasteiger partial charge in [-0.05, 0) is 110 Å². The van der Waals surface area contributed by atoms with Crippen LogP contribution in [-0.4, -0.2) is 73.5 Å². The fraction of sp³-hybridized carbons (Fsp3) is 0.304. The van der Waals surface area contributed by atoms with Crippen molar-refractivity contribution < 1.29 is 38.9 Å². The Hall–Kier alpha value is -4.65. The number of piperidine rings is 2. The lowest BCUT2D eigenvalue weighted by Gasteiger charge is -2.33. The highest BCUT2D eigenvalue weighted by Crippen LogP contribution is 2.49. The lowest BCUT2D eigenvalue weighted by atomic mass is 9.95. The predicted octanol–water partition coefficient (Wildman–Crippen LogP) is 11.5. The van der Waals surface area contributed by atoms with Gasteiger partial charge in [0.05, 0.1) is 45.1 Å². The Morgan fingerprint density at radius 2 is 1.00 bits per heavy atom. The van der Waals surface area contributed by atoms with Gasteiger partial charge in [0.25, 0.3) is 0 Å². The van der Waals surface area contributed by atoms with Crippen LogP contribution in [0.4, 0.5) is 11.4 Å². The second-order valence-corrected chi connectivity index (χ2v) is 17.1. The number of rotatable bonds is 14. The van der Waals surface area contributed by atoms with Crippen LogP contribution in [0.3, 0.4) is 0 Å². The van der Waals surface area contributed by atoms with Crippen molar-refractivity contribution in [3.05, 3.63) is 104 Å². The monoisotopic (exact) mass is 924 g/mol. The molecular weight excluding hydrogens is 882 g/mol. The van der Waals surface area contributed by atoms with E-state index in [1.54, 1.807) is 13.8 Å². The number of aliphatic carboxylic acids is 2. The highest BCUT2D eigenvalue weighted by molar-refractivity contribution is 7.99. The number of hydrogen-bond acceptors (Lipinski definition) is 9. The zero-order valence-electron chi connectivity index (χ0n) is 33.5. The molecule has 61 heavy (non-hydrogen) atoms. The Morgan fingerprint density at radius 3 is 1.34 bits per heavy atom. The number of halogens is 4. The summed E-state index contributed by atoms with van der Waals surface area (Å²) in [6.07, 6.45) is 7.44. The van der Waals surface area contributed by atoms with Gasteiger partial charge in [0, 0.05) is 70.6 Å². The number of carbonyl (C=O) groups is 4. The largest absolute Gasteiger partial charge is 0.478 e. The molecule has 0 aromatic heterocycles. The third kappa shape index (κ3) is 11.1. The van der Waals surface area contributed by atoms with Crippen molar-refractivity contribution in [1.29, 1.82) is 0 Å². The zero-order chi connectivity index (χ0) is 43.8. The highest BCUT2D eigenvalue weighted by Gasteiger charge is 2.28. The van der Waals surface area contributed by atoms with Gasteiger partial charge in [0.1, 0.15) is 0 Å². The van der Waals surface area contributed by atoms with E-state index in [2.05, 4.69) is 9.80 Å². The van der Waals surface area contributed by atoms with Crippen LogP contribution in [0.1, 0.15) is 50.7 Å². The number of nitrogens with zero attached hydrogens (tertiary/aromatic N) is 2. The van der Waals surface area contributed by atoms with Gasteiger partial charge in [-0.25, -0.2) is 9.59 Å². The van der Waals surface area contributed by atoms with Gasteiger partial charge in [-0.3, -0.25) is 9.59 Å². The first-order chi connectivity index (χ1) is 29.3. The molecule has 0 amide bonds. The number of esters is 2. The van der Waals surface area contributed by atoms with E-state index in [1.165, 1.54) is 23.9 Å². The van der Waals surface area contributed by atoms with Crippen LogP contribution in [0.15, 0.2) is 82.6 Å². The smallest absolute Gasteiger partial charge is 0.328 e. The summed E-state index contributed by atoms with van der Waals surface area (Å²) in [7, 11) is 0. The van der Waals surface area contributed by atoms with Crippen LogP contribution in [0, 0.1) is 11.8 Å². The summed E-state index contributed by atoms with van der Waals surface area (Å²) in [6.45, 7) is 6.88. The molecule has 6 rings (SSSR count). The van der Waals surface area contributed by atoms with E-state index in [1.807, 2.05) is 60.7 Å². The molecule has 4 aromatic carbocycles. The molecular formula is C46H44Cl4N2O8S. The normalized spacial score (nSPS) is 15.1. The lowest BCUT2D eigenvalue weighted by Crippen LogP contribution is -2.36.